The molecule has 0 saturated carbocycles. The van der Waals surface area contributed by atoms with Crippen LogP contribution in [0.1, 0.15) is 31.9 Å². The molecule has 0 aliphatic carbocycles. The number of rotatable bonds is 6. The minimum atomic E-state index is -0.0180. The molecule has 1 aromatic rings. The van der Waals surface area contributed by atoms with Crippen LogP contribution in [0.15, 0.2) is 18.2 Å². The van der Waals surface area contributed by atoms with Crippen LogP contribution in [0.3, 0.4) is 0 Å². The Labute approximate surface area is 124 Å². The second-order valence-electron chi connectivity index (χ2n) is 4.47. The first-order valence-corrected chi connectivity index (χ1v) is 7.15. The largest absolute Gasteiger partial charge is 0.335 e. The zero-order valence-corrected chi connectivity index (χ0v) is 13.1. The maximum absolute atomic E-state index is 12.1. The molecular formula is C14H20Cl2N2O. The van der Waals surface area contributed by atoms with Crippen molar-refractivity contribution in [1.29, 1.82) is 0 Å². The topological polar surface area (TPSA) is 32.3 Å². The molecule has 1 unspecified atom stereocenters. The highest BCUT2D eigenvalue weighted by molar-refractivity contribution is 6.42. The van der Waals surface area contributed by atoms with Gasteiger partial charge in [0.2, 0.25) is 5.91 Å². The van der Waals surface area contributed by atoms with Gasteiger partial charge in [0.15, 0.2) is 0 Å². The van der Waals surface area contributed by atoms with Gasteiger partial charge in [-0.1, -0.05) is 36.2 Å². The molecule has 0 heterocycles. The first-order chi connectivity index (χ1) is 9.01. The summed E-state index contributed by atoms with van der Waals surface area (Å²) in [6.07, 6.45) is 0.918. The first-order valence-electron chi connectivity index (χ1n) is 6.40. The van der Waals surface area contributed by atoms with Crippen LogP contribution in [-0.4, -0.2) is 30.9 Å². The van der Waals surface area contributed by atoms with Crippen molar-refractivity contribution in [1.82, 2.24) is 10.2 Å². The van der Waals surface area contributed by atoms with Crippen LogP contribution in [-0.2, 0) is 4.79 Å². The monoisotopic (exact) mass is 302 g/mol. The molecule has 0 fully saturated rings. The number of benzene rings is 1. The summed E-state index contributed by atoms with van der Waals surface area (Å²) in [5.41, 5.74) is 0.993. The lowest BCUT2D eigenvalue weighted by atomic mass is 10.1. The van der Waals surface area contributed by atoms with E-state index in [9.17, 15) is 4.79 Å². The summed E-state index contributed by atoms with van der Waals surface area (Å²) in [7, 11) is 1.77. The number of nitrogens with one attached hydrogen (secondary N) is 1. The number of hydrogen-bond donors (Lipinski definition) is 1. The van der Waals surface area contributed by atoms with E-state index in [1.54, 1.807) is 13.1 Å². The number of carbonyl (C=O) groups excluding carboxylic acids is 1. The fourth-order valence-electron chi connectivity index (χ4n) is 1.98. The predicted molar refractivity (Wildman–Crippen MR) is 80.8 cm³/mol. The van der Waals surface area contributed by atoms with Crippen LogP contribution < -0.4 is 5.32 Å². The van der Waals surface area contributed by atoms with E-state index < -0.39 is 0 Å². The SMILES string of the molecule is CCCN(C(=O)CNC)C(C)c1ccc(Cl)c(Cl)c1. The minimum absolute atomic E-state index is 0.0180. The van der Waals surface area contributed by atoms with Crippen LogP contribution in [0.2, 0.25) is 10.0 Å². The van der Waals surface area contributed by atoms with E-state index in [1.165, 1.54) is 0 Å². The Balaban J connectivity index is 2.94. The maximum Gasteiger partial charge on any atom is 0.237 e. The number of nitrogens with zero attached hydrogens (tertiary/aromatic N) is 1. The van der Waals surface area contributed by atoms with E-state index in [2.05, 4.69) is 12.2 Å². The van der Waals surface area contributed by atoms with Gasteiger partial charge in [0, 0.05) is 6.54 Å². The molecule has 0 aromatic heterocycles. The molecular weight excluding hydrogens is 283 g/mol. The molecule has 19 heavy (non-hydrogen) atoms. The van der Waals surface area contributed by atoms with Gasteiger partial charge in [-0.15, -0.1) is 0 Å². The highest BCUT2D eigenvalue weighted by Gasteiger charge is 2.20. The summed E-state index contributed by atoms with van der Waals surface area (Å²) in [6.45, 7) is 5.12. The summed E-state index contributed by atoms with van der Waals surface area (Å²) in [6, 6.07) is 5.48. The van der Waals surface area contributed by atoms with Crippen molar-refractivity contribution < 1.29 is 4.79 Å². The van der Waals surface area contributed by atoms with Crippen molar-refractivity contribution in [3.05, 3.63) is 33.8 Å². The normalized spacial score (nSPS) is 12.3. The highest BCUT2D eigenvalue weighted by atomic mass is 35.5. The molecule has 5 heteroatoms. The van der Waals surface area contributed by atoms with Crippen LogP contribution in [0.4, 0.5) is 0 Å². The van der Waals surface area contributed by atoms with E-state index in [1.807, 2.05) is 24.0 Å². The Morgan fingerprint density at radius 3 is 2.58 bits per heavy atom. The first kappa shape index (κ1) is 16.3. The van der Waals surface area contributed by atoms with E-state index >= 15 is 0 Å². The van der Waals surface area contributed by atoms with Gasteiger partial charge in [0.1, 0.15) is 0 Å². The van der Waals surface area contributed by atoms with Gasteiger partial charge in [-0.05, 0) is 38.1 Å². The Bertz CT molecular complexity index is 437. The second-order valence-corrected chi connectivity index (χ2v) is 5.28. The molecule has 0 saturated heterocycles. The Morgan fingerprint density at radius 1 is 1.37 bits per heavy atom. The minimum Gasteiger partial charge on any atom is -0.335 e. The predicted octanol–water partition coefficient (Wildman–Crippen LogP) is 3.51. The Morgan fingerprint density at radius 2 is 2.05 bits per heavy atom. The summed E-state index contributed by atoms with van der Waals surface area (Å²) < 4.78 is 0. The molecule has 0 radical (unpaired) electrons. The third-order valence-corrected chi connectivity index (χ3v) is 3.75. The molecule has 0 aliphatic heterocycles. The standard InChI is InChI=1S/C14H20Cl2N2O/c1-4-7-18(14(19)9-17-3)10(2)11-5-6-12(15)13(16)8-11/h5-6,8,10,17H,4,7,9H2,1-3H3. The summed E-state index contributed by atoms with van der Waals surface area (Å²) in [4.78, 5) is 14.0. The zero-order chi connectivity index (χ0) is 14.4. The van der Waals surface area contributed by atoms with Gasteiger partial charge in [0.05, 0.1) is 22.6 Å². The Hall–Kier alpha value is -0.770. The van der Waals surface area contributed by atoms with E-state index in [-0.39, 0.29) is 11.9 Å². The van der Waals surface area contributed by atoms with E-state index in [0.29, 0.717) is 16.6 Å². The van der Waals surface area contributed by atoms with Gasteiger partial charge < -0.3 is 10.2 Å². The molecule has 106 valence electrons. The smallest absolute Gasteiger partial charge is 0.237 e. The number of amides is 1. The molecule has 1 amide bonds. The number of likely N-dealkylation sites (N-methyl/N-ethyl adjacent to an activating group) is 1. The van der Waals surface area contributed by atoms with Crippen molar-refractivity contribution in [2.24, 2.45) is 0 Å². The fraction of sp³-hybridized carbons (Fsp3) is 0.500. The Kier molecular flexibility index (Phi) is 6.63. The van der Waals surface area contributed by atoms with Crippen LogP contribution in [0, 0.1) is 0 Å². The average Bonchev–Trinajstić information content (AvgIpc) is 2.38. The average molecular weight is 303 g/mol. The lowest BCUT2D eigenvalue weighted by molar-refractivity contribution is -0.132. The van der Waals surface area contributed by atoms with E-state index in [4.69, 9.17) is 23.2 Å². The number of carbonyl (C=O) groups is 1. The molecule has 0 spiro atoms. The van der Waals surface area contributed by atoms with Crippen molar-refractivity contribution in [2.45, 2.75) is 26.3 Å². The third-order valence-electron chi connectivity index (χ3n) is 3.01. The van der Waals surface area contributed by atoms with Crippen LogP contribution in [0.5, 0.6) is 0 Å². The van der Waals surface area contributed by atoms with Crippen LogP contribution >= 0.6 is 23.2 Å². The lowest BCUT2D eigenvalue weighted by Gasteiger charge is -2.29. The van der Waals surface area contributed by atoms with Gasteiger partial charge in [-0.25, -0.2) is 0 Å². The quantitative estimate of drug-likeness (QED) is 0.872. The van der Waals surface area contributed by atoms with Gasteiger partial charge in [-0.3, -0.25) is 4.79 Å². The summed E-state index contributed by atoms with van der Waals surface area (Å²) in [5.74, 6) is 0.0860. The summed E-state index contributed by atoms with van der Waals surface area (Å²) >= 11 is 11.9. The van der Waals surface area contributed by atoms with E-state index in [0.717, 1.165) is 18.5 Å². The van der Waals surface area contributed by atoms with Gasteiger partial charge in [-0.2, -0.15) is 0 Å². The molecule has 1 atom stereocenters. The van der Waals surface area contributed by atoms with Crippen molar-refractivity contribution in [3.8, 4) is 0 Å². The third kappa shape index (κ3) is 4.37. The van der Waals surface area contributed by atoms with Crippen LogP contribution in [0.25, 0.3) is 0 Å². The number of halogens is 2. The molecule has 1 rings (SSSR count). The van der Waals surface area contributed by atoms with Crippen molar-refractivity contribution in [2.75, 3.05) is 20.1 Å². The molecule has 0 bridgehead atoms. The van der Waals surface area contributed by atoms with Gasteiger partial charge in [0.25, 0.3) is 0 Å². The van der Waals surface area contributed by atoms with Crippen molar-refractivity contribution >= 4 is 29.1 Å². The number of hydrogen-bond acceptors (Lipinski definition) is 2. The molecule has 0 aliphatic rings. The fourth-order valence-corrected chi connectivity index (χ4v) is 2.29. The van der Waals surface area contributed by atoms with Crippen molar-refractivity contribution in [3.63, 3.8) is 0 Å². The second kappa shape index (κ2) is 7.73. The molecule has 3 nitrogen and oxygen atoms in total. The molecule has 1 N–H and O–H groups in total. The maximum atomic E-state index is 12.1. The van der Waals surface area contributed by atoms with Gasteiger partial charge >= 0.3 is 0 Å². The highest BCUT2D eigenvalue weighted by Crippen LogP contribution is 2.28. The summed E-state index contributed by atoms with van der Waals surface area (Å²) in [5, 5.41) is 3.94. The lowest BCUT2D eigenvalue weighted by Crippen LogP contribution is -2.39. The zero-order valence-electron chi connectivity index (χ0n) is 11.5. The molecule has 1 aromatic carbocycles.